The van der Waals surface area contributed by atoms with Gasteiger partial charge < -0.3 is 5.73 Å². The number of aromatic amines is 1. The minimum absolute atomic E-state index is 0.0737. The summed E-state index contributed by atoms with van der Waals surface area (Å²) in [6.45, 7) is 3.85. The molecule has 2 unspecified atom stereocenters. The molecule has 108 valence electrons. The highest BCUT2D eigenvalue weighted by Crippen LogP contribution is 2.47. The number of nitrogen functional groups attached to an aromatic ring is 1. The summed E-state index contributed by atoms with van der Waals surface area (Å²) in [7, 11) is 0. The van der Waals surface area contributed by atoms with E-state index >= 15 is 0 Å². The average molecular weight is 275 g/mol. The molecule has 0 radical (unpaired) electrons. The molecule has 3 nitrogen and oxygen atoms in total. The number of alkyl halides is 3. The molecule has 0 aliphatic heterocycles. The third kappa shape index (κ3) is 2.72. The molecule has 1 aliphatic rings. The molecule has 0 amide bonds. The molecular formula is C13H20F3N3. The van der Waals surface area contributed by atoms with E-state index in [-0.39, 0.29) is 12.3 Å². The molecule has 1 aromatic rings. The number of nitrogens with one attached hydrogen (secondary N) is 1. The van der Waals surface area contributed by atoms with Crippen molar-refractivity contribution >= 4 is 5.82 Å². The fourth-order valence-corrected chi connectivity index (χ4v) is 3.14. The predicted octanol–water partition coefficient (Wildman–Crippen LogP) is 3.95. The van der Waals surface area contributed by atoms with Crippen LogP contribution in [0.5, 0.6) is 0 Å². The topological polar surface area (TPSA) is 54.7 Å². The molecule has 1 aliphatic carbocycles. The number of aromatic nitrogens is 2. The Bertz CT molecular complexity index is 437. The van der Waals surface area contributed by atoms with E-state index < -0.39 is 18.0 Å². The van der Waals surface area contributed by atoms with E-state index in [0.717, 1.165) is 12.0 Å². The number of nitrogens with zero attached hydrogens (tertiary/aromatic N) is 1. The lowest BCUT2D eigenvalue weighted by Crippen LogP contribution is -2.32. The molecule has 6 heteroatoms. The van der Waals surface area contributed by atoms with Gasteiger partial charge in [-0.25, -0.2) is 0 Å². The van der Waals surface area contributed by atoms with Gasteiger partial charge in [-0.2, -0.15) is 18.3 Å². The smallest absolute Gasteiger partial charge is 0.382 e. The van der Waals surface area contributed by atoms with Crippen molar-refractivity contribution in [2.24, 2.45) is 5.92 Å². The van der Waals surface area contributed by atoms with Crippen LogP contribution < -0.4 is 5.73 Å². The highest BCUT2D eigenvalue weighted by atomic mass is 19.4. The Kier molecular flexibility index (Phi) is 3.78. The Hall–Kier alpha value is -1.20. The van der Waals surface area contributed by atoms with E-state index in [1.807, 2.05) is 13.8 Å². The van der Waals surface area contributed by atoms with Gasteiger partial charge in [-0.3, -0.25) is 5.10 Å². The molecule has 3 N–H and O–H groups in total. The van der Waals surface area contributed by atoms with Crippen LogP contribution in [0.15, 0.2) is 0 Å². The Morgan fingerprint density at radius 2 is 1.89 bits per heavy atom. The lowest BCUT2D eigenvalue weighted by molar-refractivity contribution is -0.187. The summed E-state index contributed by atoms with van der Waals surface area (Å²) in [6, 6.07) is 0. The zero-order valence-corrected chi connectivity index (χ0v) is 11.2. The minimum atomic E-state index is -4.15. The number of anilines is 1. The van der Waals surface area contributed by atoms with E-state index in [1.54, 1.807) is 0 Å². The largest absolute Gasteiger partial charge is 0.392 e. The van der Waals surface area contributed by atoms with Gasteiger partial charge in [0.15, 0.2) is 0 Å². The fraction of sp³-hybridized carbons (Fsp3) is 0.769. The Balaban J connectivity index is 2.38. The van der Waals surface area contributed by atoms with E-state index in [4.69, 9.17) is 5.73 Å². The third-order valence-corrected chi connectivity index (χ3v) is 4.00. The molecule has 0 bridgehead atoms. The molecule has 1 fully saturated rings. The van der Waals surface area contributed by atoms with Crippen LogP contribution >= 0.6 is 0 Å². The van der Waals surface area contributed by atoms with Crippen LogP contribution in [-0.2, 0) is 0 Å². The van der Waals surface area contributed by atoms with Gasteiger partial charge in [-0.05, 0) is 18.8 Å². The van der Waals surface area contributed by atoms with Gasteiger partial charge in [0.25, 0.3) is 0 Å². The van der Waals surface area contributed by atoms with Gasteiger partial charge in [-0.1, -0.05) is 26.7 Å². The first-order valence-electron chi connectivity index (χ1n) is 6.72. The van der Waals surface area contributed by atoms with Crippen molar-refractivity contribution in [2.45, 2.75) is 57.5 Å². The molecule has 2 rings (SSSR count). The van der Waals surface area contributed by atoms with Gasteiger partial charge in [0.1, 0.15) is 5.82 Å². The summed E-state index contributed by atoms with van der Waals surface area (Å²) in [5.41, 5.74) is 7.12. The second-order valence-electron chi connectivity index (χ2n) is 5.63. The van der Waals surface area contributed by atoms with Crippen molar-refractivity contribution in [2.75, 3.05) is 5.73 Å². The molecule has 1 heterocycles. The van der Waals surface area contributed by atoms with Crippen molar-refractivity contribution in [3.63, 3.8) is 0 Å². The molecule has 1 saturated carbocycles. The van der Waals surface area contributed by atoms with Gasteiger partial charge in [-0.15, -0.1) is 0 Å². The Labute approximate surface area is 110 Å². The van der Waals surface area contributed by atoms with Gasteiger partial charge in [0, 0.05) is 17.2 Å². The van der Waals surface area contributed by atoms with Gasteiger partial charge in [0.05, 0.1) is 5.92 Å². The van der Waals surface area contributed by atoms with Crippen LogP contribution in [-0.4, -0.2) is 16.4 Å². The summed E-state index contributed by atoms with van der Waals surface area (Å²) >= 11 is 0. The standard InChI is InChI=1S/C13H20F3N3/c1-7(2)10-11(18-19-12(10)17)8-5-3-4-6-9(8)13(14,15)16/h7-9H,3-6H2,1-2H3,(H3,17,18,19). The van der Waals surface area contributed by atoms with Crippen LogP contribution in [0.1, 0.15) is 62.6 Å². The highest BCUT2D eigenvalue weighted by molar-refractivity contribution is 5.45. The van der Waals surface area contributed by atoms with Crippen LogP contribution in [0.25, 0.3) is 0 Å². The Morgan fingerprint density at radius 3 is 2.47 bits per heavy atom. The predicted molar refractivity (Wildman–Crippen MR) is 67.8 cm³/mol. The van der Waals surface area contributed by atoms with Crippen LogP contribution in [0.2, 0.25) is 0 Å². The van der Waals surface area contributed by atoms with E-state index in [2.05, 4.69) is 10.2 Å². The number of halogens is 3. The van der Waals surface area contributed by atoms with Crippen molar-refractivity contribution in [1.29, 1.82) is 0 Å². The second kappa shape index (κ2) is 5.06. The molecule has 0 spiro atoms. The highest BCUT2D eigenvalue weighted by Gasteiger charge is 2.47. The SMILES string of the molecule is CC(C)c1c(N)n[nH]c1C1CCCCC1C(F)(F)F. The molecule has 2 atom stereocenters. The number of nitrogens with two attached hydrogens (primary N) is 1. The second-order valence-corrected chi connectivity index (χ2v) is 5.63. The molecule has 1 aromatic heterocycles. The number of hydrogen-bond acceptors (Lipinski definition) is 2. The Morgan fingerprint density at radius 1 is 1.26 bits per heavy atom. The average Bonchev–Trinajstić information content (AvgIpc) is 2.70. The first kappa shape index (κ1) is 14.2. The summed E-state index contributed by atoms with van der Waals surface area (Å²) in [5, 5.41) is 6.67. The first-order chi connectivity index (χ1) is 8.82. The molecule has 0 saturated heterocycles. The first-order valence-corrected chi connectivity index (χ1v) is 6.72. The van der Waals surface area contributed by atoms with Crippen molar-refractivity contribution in [1.82, 2.24) is 10.2 Å². The quantitative estimate of drug-likeness (QED) is 0.858. The number of H-pyrrole nitrogens is 1. The van der Waals surface area contributed by atoms with Gasteiger partial charge >= 0.3 is 6.18 Å². The zero-order chi connectivity index (χ0) is 14.2. The molecule has 19 heavy (non-hydrogen) atoms. The monoisotopic (exact) mass is 275 g/mol. The lowest BCUT2D eigenvalue weighted by atomic mass is 9.75. The van der Waals surface area contributed by atoms with Crippen LogP contribution in [0.4, 0.5) is 19.0 Å². The number of rotatable bonds is 2. The van der Waals surface area contributed by atoms with E-state index in [1.165, 1.54) is 0 Å². The fourth-order valence-electron chi connectivity index (χ4n) is 3.14. The maximum absolute atomic E-state index is 13.2. The lowest BCUT2D eigenvalue weighted by Gasteiger charge is -2.33. The maximum atomic E-state index is 13.2. The zero-order valence-electron chi connectivity index (χ0n) is 11.2. The normalized spacial score (nSPS) is 24.9. The van der Waals surface area contributed by atoms with Crippen LogP contribution in [0, 0.1) is 5.92 Å². The van der Waals surface area contributed by atoms with E-state index in [9.17, 15) is 13.2 Å². The summed E-state index contributed by atoms with van der Waals surface area (Å²) in [4.78, 5) is 0. The third-order valence-electron chi connectivity index (χ3n) is 4.00. The summed E-state index contributed by atoms with van der Waals surface area (Å²) in [6.07, 6.45) is -1.94. The number of hydrogen-bond donors (Lipinski definition) is 2. The molecular weight excluding hydrogens is 255 g/mol. The van der Waals surface area contributed by atoms with Crippen molar-refractivity contribution in [3.05, 3.63) is 11.3 Å². The summed E-state index contributed by atoms with van der Waals surface area (Å²) in [5.74, 6) is -1.41. The van der Waals surface area contributed by atoms with Crippen molar-refractivity contribution in [3.8, 4) is 0 Å². The minimum Gasteiger partial charge on any atom is -0.382 e. The maximum Gasteiger partial charge on any atom is 0.392 e. The summed E-state index contributed by atoms with van der Waals surface area (Å²) < 4.78 is 39.5. The van der Waals surface area contributed by atoms with Gasteiger partial charge in [0.2, 0.25) is 0 Å². The van der Waals surface area contributed by atoms with Crippen LogP contribution in [0.3, 0.4) is 0 Å². The van der Waals surface area contributed by atoms with Crippen molar-refractivity contribution < 1.29 is 13.2 Å². The molecule has 0 aromatic carbocycles. The van der Waals surface area contributed by atoms with E-state index in [0.29, 0.717) is 24.4 Å².